The van der Waals surface area contributed by atoms with Gasteiger partial charge in [0.15, 0.2) is 0 Å². The van der Waals surface area contributed by atoms with Gasteiger partial charge in [-0.15, -0.1) is 0 Å². The minimum absolute atomic E-state index is 0.0809. The Morgan fingerprint density at radius 2 is 1.60 bits per heavy atom. The molecule has 11 heteroatoms. The van der Waals surface area contributed by atoms with Gasteiger partial charge in [0.1, 0.15) is 11.5 Å². The maximum Gasteiger partial charge on any atom is 0.336 e. The van der Waals surface area contributed by atoms with Crippen molar-refractivity contribution in [3.63, 3.8) is 0 Å². The molecule has 0 radical (unpaired) electrons. The number of benzene rings is 2. The second kappa shape index (κ2) is 12.4. The van der Waals surface area contributed by atoms with E-state index in [-0.39, 0.29) is 57.7 Å². The van der Waals surface area contributed by atoms with Crippen LogP contribution in [0.1, 0.15) is 57.5 Å². The SMILES string of the molecule is COCC(NC(=O)c1ccc(-c2ccc(OC)nc2C(=O)Nc2ccc(C(=N)N)cc2)c(C(=O)O)c1)C(C)(C)C. The number of nitrogens with one attached hydrogen (secondary N) is 3. The third-order valence-corrected chi connectivity index (χ3v) is 6.23. The van der Waals surface area contributed by atoms with Gasteiger partial charge < -0.3 is 30.9 Å². The highest BCUT2D eigenvalue weighted by Crippen LogP contribution is 2.30. The largest absolute Gasteiger partial charge is 0.481 e. The van der Waals surface area contributed by atoms with Crippen LogP contribution in [-0.4, -0.2) is 60.6 Å². The van der Waals surface area contributed by atoms with E-state index in [9.17, 15) is 19.5 Å². The smallest absolute Gasteiger partial charge is 0.336 e. The average Bonchev–Trinajstić information content (AvgIpc) is 2.91. The average molecular weight is 548 g/mol. The minimum Gasteiger partial charge on any atom is -0.481 e. The Hall–Kier alpha value is -4.77. The Morgan fingerprint density at radius 3 is 2.15 bits per heavy atom. The number of carboxylic acid groups (broad SMARTS) is 1. The van der Waals surface area contributed by atoms with E-state index in [1.54, 1.807) is 31.4 Å². The molecule has 0 bridgehead atoms. The Balaban J connectivity index is 2.01. The number of nitrogens with zero attached hydrogens (tertiary/aromatic N) is 1. The molecule has 0 saturated carbocycles. The number of rotatable bonds is 10. The van der Waals surface area contributed by atoms with Crippen molar-refractivity contribution in [2.75, 3.05) is 26.1 Å². The van der Waals surface area contributed by atoms with Crippen LogP contribution in [0.5, 0.6) is 5.88 Å². The number of nitrogen functional groups attached to an aromatic ring is 1. The molecular formula is C29H33N5O6. The number of nitrogens with two attached hydrogens (primary N) is 1. The van der Waals surface area contributed by atoms with Crippen molar-refractivity contribution in [3.05, 3.63) is 77.0 Å². The molecule has 0 saturated heterocycles. The van der Waals surface area contributed by atoms with E-state index in [1.807, 2.05) is 20.8 Å². The number of anilines is 1. The number of amides is 2. The summed E-state index contributed by atoms with van der Waals surface area (Å²) in [4.78, 5) is 43.0. The molecule has 0 spiro atoms. The number of hydrogen-bond donors (Lipinski definition) is 5. The molecule has 2 amide bonds. The van der Waals surface area contributed by atoms with E-state index in [4.69, 9.17) is 20.6 Å². The molecule has 1 atom stereocenters. The van der Waals surface area contributed by atoms with Crippen LogP contribution in [-0.2, 0) is 4.74 Å². The maximum atomic E-state index is 13.3. The van der Waals surface area contributed by atoms with Gasteiger partial charge in [0.05, 0.1) is 25.3 Å². The lowest BCUT2D eigenvalue weighted by molar-refractivity contribution is 0.0697. The van der Waals surface area contributed by atoms with Crippen molar-refractivity contribution in [3.8, 4) is 17.0 Å². The van der Waals surface area contributed by atoms with Crippen molar-refractivity contribution >= 4 is 29.3 Å². The highest BCUT2D eigenvalue weighted by Gasteiger charge is 2.28. The zero-order valence-corrected chi connectivity index (χ0v) is 23.0. The molecule has 11 nitrogen and oxygen atoms in total. The summed E-state index contributed by atoms with van der Waals surface area (Å²) in [7, 11) is 2.94. The fraction of sp³-hybridized carbons (Fsp3) is 0.276. The monoisotopic (exact) mass is 547 g/mol. The molecule has 0 aliphatic rings. The number of carbonyl (C=O) groups excluding carboxylic acids is 2. The number of carboxylic acids is 1. The van der Waals surface area contributed by atoms with Gasteiger partial charge in [-0.05, 0) is 53.4 Å². The summed E-state index contributed by atoms with van der Waals surface area (Å²) in [6, 6.07) is 13.3. The van der Waals surface area contributed by atoms with Gasteiger partial charge in [-0.3, -0.25) is 15.0 Å². The number of aromatic carboxylic acids is 1. The van der Waals surface area contributed by atoms with Crippen molar-refractivity contribution in [1.82, 2.24) is 10.3 Å². The number of ether oxygens (including phenoxy) is 2. The first kappa shape index (κ1) is 29.8. The fourth-order valence-electron chi connectivity index (χ4n) is 3.88. The predicted octanol–water partition coefficient (Wildman–Crippen LogP) is 3.78. The van der Waals surface area contributed by atoms with E-state index in [1.165, 1.54) is 37.4 Å². The molecule has 6 N–H and O–H groups in total. The number of amidine groups is 1. The second-order valence-corrected chi connectivity index (χ2v) is 10.1. The van der Waals surface area contributed by atoms with E-state index in [0.29, 0.717) is 11.3 Å². The summed E-state index contributed by atoms with van der Waals surface area (Å²) in [6.07, 6.45) is 0. The Labute approximate surface area is 232 Å². The first-order valence-corrected chi connectivity index (χ1v) is 12.3. The highest BCUT2D eigenvalue weighted by molar-refractivity contribution is 6.10. The third-order valence-electron chi connectivity index (χ3n) is 6.23. The number of hydrogen-bond acceptors (Lipinski definition) is 7. The van der Waals surface area contributed by atoms with Crippen LogP contribution in [0.2, 0.25) is 0 Å². The summed E-state index contributed by atoms with van der Waals surface area (Å²) in [5, 5.41) is 23.2. The van der Waals surface area contributed by atoms with E-state index in [0.717, 1.165) is 0 Å². The van der Waals surface area contributed by atoms with Crippen LogP contribution >= 0.6 is 0 Å². The standard InChI is InChI=1S/C29H33N5O6/c1-29(2,3)22(15-39-4)33-26(35)17-8-11-19(21(14-17)28(37)38)20-12-13-23(40-5)34-24(20)27(36)32-18-9-6-16(7-10-18)25(30)31/h6-14,22H,15H2,1-5H3,(H3,30,31)(H,32,36)(H,33,35)(H,37,38). The van der Waals surface area contributed by atoms with Crippen LogP contribution in [0.3, 0.4) is 0 Å². The summed E-state index contributed by atoms with van der Waals surface area (Å²) < 4.78 is 10.4. The third kappa shape index (κ3) is 7.00. The molecule has 1 heterocycles. The lowest BCUT2D eigenvalue weighted by Crippen LogP contribution is -2.46. The Morgan fingerprint density at radius 1 is 0.975 bits per heavy atom. The Kier molecular flexibility index (Phi) is 9.23. The van der Waals surface area contributed by atoms with Gasteiger partial charge in [0, 0.05) is 35.6 Å². The number of aromatic nitrogens is 1. The Bertz CT molecular complexity index is 1430. The lowest BCUT2D eigenvalue weighted by Gasteiger charge is -2.31. The molecule has 2 aromatic carbocycles. The van der Waals surface area contributed by atoms with Crippen LogP contribution in [0.15, 0.2) is 54.6 Å². The molecule has 0 aliphatic heterocycles. The van der Waals surface area contributed by atoms with Gasteiger partial charge in [-0.25, -0.2) is 9.78 Å². The molecule has 0 aliphatic carbocycles. The second-order valence-electron chi connectivity index (χ2n) is 10.1. The quantitative estimate of drug-likeness (QED) is 0.188. The van der Waals surface area contributed by atoms with E-state index < -0.39 is 17.8 Å². The highest BCUT2D eigenvalue weighted by atomic mass is 16.5. The van der Waals surface area contributed by atoms with Crippen molar-refractivity contribution in [1.29, 1.82) is 5.41 Å². The van der Waals surface area contributed by atoms with Crippen LogP contribution < -0.4 is 21.1 Å². The van der Waals surface area contributed by atoms with Gasteiger partial charge in [-0.1, -0.05) is 26.8 Å². The molecule has 40 heavy (non-hydrogen) atoms. The van der Waals surface area contributed by atoms with Crippen LogP contribution in [0.4, 0.5) is 5.69 Å². The normalized spacial score (nSPS) is 11.8. The van der Waals surface area contributed by atoms with Crippen molar-refractivity contribution < 1.29 is 29.0 Å². The first-order valence-electron chi connectivity index (χ1n) is 12.3. The minimum atomic E-state index is -1.28. The fourth-order valence-corrected chi connectivity index (χ4v) is 3.88. The molecule has 1 aromatic heterocycles. The molecule has 3 rings (SSSR count). The van der Waals surface area contributed by atoms with Gasteiger partial charge in [-0.2, -0.15) is 0 Å². The summed E-state index contributed by atoms with van der Waals surface area (Å²) in [5.74, 6) is -2.31. The van der Waals surface area contributed by atoms with Crippen molar-refractivity contribution in [2.24, 2.45) is 11.1 Å². The summed E-state index contributed by atoms with van der Waals surface area (Å²) in [6.45, 7) is 6.17. The van der Waals surface area contributed by atoms with Gasteiger partial charge in [0.25, 0.3) is 11.8 Å². The molecule has 0 fully saturated rings. The summed E-state index contributed by atoms with van der Waals surface area (Å²) in [5.41, 5.74) is 6.40. The summed E-state index contributed by atoms with van der Waals surface area (Å²) >= 11 is 0. The van der Waals surface area contributed by atoms with Crippen LogP contribution in [0.25, 0.3) is 11.1 Å². The number of pyridine rings is 1. The topological polar surface area (TPSA) is 177 Å². The van der Waals surface area contributed by atoms with Gasteiger partial charge >= 0.3 is 5.97 Å². The zero-order valence-electron chi connectivity index (χ0n) is 23.0. The van der Waals surface area contributed by atoms with Crippen LogP contribution in [0, 0.1) is 10.8 Å². The van der Waals surface area contributed by atoms with E-state index in [2.05, 4.69) is 15.6 Å². The number of carbonyl (C=O) groups is 3. The molecule has 1 unspecified atom stereocenters. The molecular weight excluding hydrogens is 514 g/mol. The maximum absolute atomic E-state index is 13.3. The van der Waals surface area contributed by atoms with Crippen molar-refractivity contribution in [2.45, 2.75) is 26.8 Å². The first-order chi connectivity index (χ1) is 18.8. The zero-order chi connectivity index (χ0) is 29.6. The molecule has 3 aromatic rings. The predicted molar refractivity (Wildman–Crippen MR) is 151 cm³/mol. The van der Waals surface area contributed by atoms with Gasteiger partial charge in [0.2, 0.25) is 5.88 Å². The molecule has 210 valence electrons. The lowest BCUT2D eigenvalue weighted by atomic mass is 9.87. The van der Waals surface area contributed by atoms with E-state index >= 15 is 0 Å². The number of methoxy groups -OCH3 is 2.